The molecule has 8 bridgehead atoms. The lowest BCUT2D eigenvalue weighted by atomic mass is 9.76. The van der Waals surface area contributed by atoms with Crippen LogP contribution in [-0.4, -0.2) is 41.6 Å². The molecule has 0 radical (unpaired) electrons. The summed E-state index contributed by atoms with van der Waals surface area (Å²) in [6.07, 6.45) is 8.28. The van der Waals surface area contributed by atoms with Gasteiger partial charge in [0, 0.05) is 24.4 Å². The van der Waals surface area contributed by atoms with E-state index in [1.54, 1.807) is 25.3 Å². The number of hydrogen-bond acceptors (Lipinski definition) is 6. The summed E-state index contributed by atoms with van der Waals surface area (Å²) in [6.45, 7) is -0.242. The molecule has 4 N–H and O–H groups in total. The number of aryl methyl sites for hydroxylation is 8. The Morgan fingerprint density at radius 3 is 1.29 bits per heavy atom. The lowest BCUT2D eigenvalue weighted by molar-refractivity contribution is 0.281. The van der Waals surface area contributed by atoms with Crippen molar-refractivity contribution < 1.29 is 29.7 Å². The molecule has 0 heterocycles. The first-order valence-corrected chi connectivity index (χ1v) is 21.8. The van der Waals surface area contributed by atoms with Crippen LogP contribution in [0.5, 0.6) is 11.5 Å². The Hall–Kier alpha value is -3.74. The third kappa shape index (κ3) is 10.9. The Labute approximate surface area is 367 Å². The molecule has 0 fully saturated rings. The van der Waals surface area contributed by atoms with E-state index >= 15 is 0 Å². The number of benzene rings is 6. The first kappa shape index (κ1) is 43.8. The normalized spacial score (nSPS) is 12.8. The molecule has 0 aliphatic heterocycles. The van der Waals surface area contributed by atoms with Gasteiger partial charge >= 0.3 is 7.12 Å². The molecule has 0 unspecified atom stereocenters. The van der Waals surface area contributed by atoms with Crippen LogP contribution in [0, 0.1) is 0 Å². The number of halogens is 3. The largest absolute Gasteiger partial charge is 0.497 e. The van der Waals surface area contributed by atoms with Crippen molar-refractivity contribution >= 4 is 60.4 Å². The molecule has 10 heteroatoms. The summed E-state index contributed by atoms with van der Waals surface area (Å²) < 4.78 is 14.3. The Morgan fingerprint density at radius 1 is 0.483 bits per heavy atom. The second-order valence-electron chi connectivity index (χ2n) is 14.5. The van der Waals surface area contributed by atoms with E-state index in [4.69, 9.17) is 24.6 Å². The minimum absolute atomic E-state index is 0.00389. The quantitative estimate of drug-likeness (QED) is 0.124. The van der Waals surface area contributed by atoms with Crippen molar-refractivity contribution in [2.45, 2.75) is 64.6 Å². The number of hydrogen-bond donors (Lipinski definition) is 4. The first-order chi connectivity index (χ1) is 28.1. The van der Waals surface area contributed by atoms with Gasteiger partial charge in [-0.25, -0.2) is 0 Å². The summed E-state index contributed by atoms with van der Waals surface area (Å²) in [5.74, 6) is 1.18. The van der Waals surface area contributed by atoms with Gasteiger partial charge in [-0.3, -0.25) is 0 Å². The number of aliphatic hydroxyl groups is 2. The van der Waals surface area contributed by atoms with Crippen molar-refractivity contribution in [1.29, 1.82) is 0 Å². The molecular formula is C48H48BBr3O6. The van der Waals surface area contributed by atoms with Gasteiger partial charge in [-0.15, -0.1) is 0 Å². The number of methoxy groups -OCH3 is 2. The van der Waals surface area contributed by atoms with Crippen LogP contribution in [0.2, 0.25) is 0 Å². The maximum Gasteiger partial charge on any atom is 0.492 e. The van der Waals surface area contributed by atoms with Crippen molar-refractivity contribution in [3.63, 3.8) is 0 Å². The standard InChI is InChI=1S/C24H23BrO2.C16H14Br2.C8H11BO4/c1-27-23-4-2-3-20(15-26)24(23)21-13-16-5-9-18(21)10-6-17-8-12-19(11-7-16)22(25)14-17;17-15-9-11-1-5-13(15)8-4-12-2-6-14(7-3-11)16(18)10-12;1-13-7-4-2-3-6(5-10)8(7)9(11)12/h2-5,8-9,12-14,26H,6-7,10-11,15H2,1H3;1-2,5-6,9-10H,3-4,7-8H2;2-4,10-12H,5H2,1H3. The van der Waals surface area contributed by atoms with Gasteiger partial charge in [0.2, 0.25) is 0 Å². The van der Waals surface area contributed by atoms with Gasteiger partial charge in [0.15, 0.2) is 0 Å². The maximum absolute atomic E-state index is 9.92. The summed E-state index contributed by atoms with van der Waals surface area (Å²) in [7, 11) is 1.50. The molecule has 6 nitrogen and oxygen atoms in total. The fraction of sp³-hybridized carbons (Fsp3) is 0.250. The summed E-state index contributed by atoms with van der Waals surface area (Å²) >= 11 is 11.1. The van der Waals surface area contributed by atoms with Gasteiger partial charge in [-0.05, 0) is 143 Å². The van der Waals surface area contributed by atoms with E-state index in [0.29, 0.717) is 11.3 Å². The molecule has 0 amide bonds. The van der Waals surface area contributed by atoms with Crippen LogP contribution in [-0.2, 0) is 64.6 Å². The zero-order chi connectivity index (χ0) is 41.2. The summed E-state index contributed by atoms with van der Waals surface area (Å²) in [5.41, 5.74) is 14.7. The number of aliphatic hydroxyl groups excluding tert-OH is 2. The third-order valence-corrected chi connectivity index (χ3v) is 13.1. The second-order valence-corrected chi connectivity index (χ2v) is 17.0. The lowest BCUT2D eigenvalue weighted by Gasteiger charge is -2.19. The van der Waals surface area contributed by atoms with Gasteiger partial charge in [-0.1, -0.05) is 127 Å². The molecule has 0 atom stereocenters. The zero-order valence-corrected chi connectivity index (χ0v) is 37.5. The average molecular weight is 971 g/mol. The van der Waals surface area contributed by atoms with Crippen LogP contribution in [0.1, 0.15) is 55.6 Å². The molecule has 0 aromatic heterocycles. The topological polar surface area (TPSA) is 99.4 Å². The molecule has 14 rings (SSSR count). The molecule has 300 valence electrons. The van der Waals surface area contributed by atoms with Gasteiger partial charge in [0.25, 0.3) is 0 Å². The fourth-order valence-electron chi connectivity index (χ4n) is 7.58. The summed E-state index contributed by atoms with van der Waals surface area (Å²) in [5, 5.41) is 36.9. The van der Waals surface area contributed by atoms with Crippen molar-refractivity contribution in [3.05, 3.63) is 178 Å². The highest BCUT2D eigenvalue weighted by atomic mass is 79.9. The van der Waals surface area contributed by atoms with Gasteiger partial charge < -0.3 is 29.7 Å². The number of ether oxygens (including phenoxy) is 2. The average Bonchev–Trinajstić information content (AvgIpc) is 3.23. The molecule has 58 heavy (non-hydrogen) atoms. The Morgan fingerprint density at radius 2 is 0.879 bits per heavy atom. The van der Waals surface area contributed by atoms with Gasteiger partial charge in [-0.2, -0.15) is 0 Å². The molecule has 0 spiro atoms. The van der Waals surface area contributed by atoms with Crippen molar-refractivity contribution in [3.8, 4) is 22.6 Å². The highest BCUT2D eigenvalue weighted by Crippen LogP contribution is 2.38. The highest BCUT2D eigenvalue weighted by Gasteiger charge is 2.21. The highest BCUT2D eigenvalue weighted by molar-refractivity contribution is 9.11. The van der Waals surface area contributed by atoms with Crippen LogP contribution in [0.3, 0.4) is 0 Å². The van der Waals surface area contributed by atoms with E-state index in [9.17, 15) is 5.11 Å². The fourth-order valence-corrected chi connectivity index (χ4v) is 9.45. The molecule has 8 aliphatic carbocycles. The van der Waals surface area contributed by atoms with E-state index in [0.717, 1.165) is 68.2 Å². The van der Waals surface area contributed by atoms with Crippen LogP contribution >= 0.6 is 47.8 Å². The van der Waals surface area contributed by atoms with Crippen molar-refractivity contribution in [1.82, 2.24) is 0 Å². The Balaban J connectivity index is 0.000000158. The van der Waals surface area contributed by atoms with Crippen LogP contribution in [0.25, 0.3) is 11.1 Å². The van der Waals surface area contributed by atoms with E-state index in [1.807, 2.05) is 18.2 Å². The lowest BCUT2D eigenvalue weighted by Crippen LogP contribution is -2.34. The van der Waals surface area contributed by atoms with Crippen LogP contribution in [0.15, 0.2) is 123 Å². The maximum atomic E-state index is 9.92. The number of rotatable bonds is 6. The SMILES string of the molecule is Brc1cc2ccc1CCc1ccc(c(Br)c1)CC2.COc1cccc(CO)c1-c1cc2ccc1CCc1ccc(c(Br)c1)CC2.COc1cccc(CO)c1B(O)O. The predicted molar refractivity (Wildman–Crippen MR) is 245 cm³/mol. The minimum Gasteiger partial charge on any atom is -0.497 e. The molecule has 8 aliphatic rings. The van der Waals surface area contributed by atoms with E-state index in [-0.39, 0.29) is 18.7 Å². The molecule has 0 saturated heterocycles. The molecule has 6 aromatic rings. The first-order valence-electron chi connectivity index (χ1n) is 19.5. The summed E-state index contributed by atoms with van der Waals surface area (Å²) in [6, 6.07) is 37.9. The van der Waals surface area contributed by atoms with E-state index < -0.39 is 7.12 Å². The molecular weight excluding hydrogens is 923 g/mol. The smallest absolute Gasteiger partial charge is 0.492 e. The van der Waals surface area contributed by atoms with Crippen LogP contribution < -0.4 is 14.9 Å². The Kier molecular flexibility index (Phi) is 15.9. The van der Waals surface area contributed by atoms with Crippen molar-refractivity contribution in [2.75, 3.05) is 14.2 Å². The Bertz CT molecular complexity index is 2250. The second kappa shape index (κ2) is 21.0. The third-order valence-electron chi connectivity index (χ3n) is 10.8. The van der Waals surface area contributed by atoms with Crippen LogP contribution in [0.4, 0.5) is 0 Å². The predicted octanol–water partition coefficient (Wildman–Crippen LogP) is 9.46. The van der Waals surface area contributed by atoms with Gasteiger partial charge in [0.05, 0.1) is 27.4 Å². The minimum atomic E-state index is -1.63. The molecule has 6 aromatic carbocycles. The van der Waals surface area contributed by atoms with Crippen molar-refractivity contribution in [2.24, 2.45) is 0 Å². The monoisotopic (exact) mass is 968 g/mol. The molecule has 0 saturated carbocycles. The zero-order valence-electron chi connectivity index (χ0n) is 32.8. The van der Waals surface area contributed by atoms with Gasteiger partial charge in [0.1, 0.15) is 11.5 Å². The summed E-state index contributed by atoms with van der Waals surface area (Å²) in [4.78, 5) is 0. The van der Waals surface area contributed by atoms with E-state index in [2.05, 4.69) is 121 Å². The van der Waals surface area contributed by atoms with E-state index in [1.165, 1.54) is 70.6 Å².